The van der Waals surface area contributed by atoms with Crippen molar-refractivity contribution in [3.05, 3.63) is 317 Å². The smallest absolute Gasteiger partial charge is 0.335 e. The molecule has 0 aliphatic rings. The Labute approximate surface area is 646 Å². The summed E-state index contributed by atoms with van der Waals surface area (Å²) < 4.78 is 26.8. The quantitative estimate of drug-likeness (QED) is 0.00759. The lowest BCUT2D eigenvalue weighted by molar-refractivity contribution is 0.0694. The van der Waals surface area contributed by atoms with Gasteiger partial charge in [-0.2, -0.15) is 0 Å². The Bertz CT molecular complexity index is 4310. The van der Waals surface area contributed by atoms with Gasteiger partial charge in [0.25, 0.3) is 23.6 Å². The van der Waals surface area contributed by atoms with Crippen molar-refractivity contribution in [1.82, 2.24) is 21.3 Å². The van der Waals surface area contributed by atoms with Crippen LogP contribution in [0.1, 0.15) is 184 Å². The van der Waals surface area contributed by atoms with Crippen molar-refractivity contribution in [1.29, 1.82) is 0 Å². The SMILES string of the molecule is C.CC(=O)c1ccc(C(=O)CCc2ccc(C(=O)NCc3ccco3)cc2)s1.CCc1ccc(C(=O)NCc2ccco2)cc1.CCc1ccc(C(=O)O)cc1.Cl.NCC(=O)c1ccc(C(=O)CCc2ccc(C(=O)NCc3ccco3)cc2)s1.NCc1ccc(C(=O)NCc2ccco2)cc1.NN.[2H]CI. The molecule has 0 aliphatic heterocycles. The molecular weight excluding hydrogens is 1520 g/mol. The largest absolute Gasteiger partial charge is 0.478 e. The zero-order valence-electron chi connectivity index (χ0n) is 59.1. The van der Waals surface area contributed by atoms with Gasteiger partial charge in [-0.05, 0) is 199 Å². The number of aromatic carboxylic acids is 1. The molecule has 11 aromatic rings. The number of benzene rings is 5. The number of carbonyl (C=O) groups excluding carboxylic acids is 8. The van der Waals surface area contributed by atoms with Gasteiger partial charge in [0.2, 0.25) is 0 Å². The molecule has 0 spiro atoms. The van der Waals surface area contributed by atoms with Crippen LogP contribution in [-0.2, 0) is 58.4 Å². The van der Waals surface area contributed by atoms with Crippen molar-refractivity contribution in [2.24, 2.45) is 23.2 Å². The molecule has 11 rings (SSSR count). The van der Waals surface area contributed by atoms with Gasteiger partial charge in [-0.3, -0.25) is 50.0 Å². The predicted molar refractivity (Wildman–Crippen MR) is 425 cm³/mol. The topological polar surface area (TPSA) is 379 Å². The first kappa shape index (κ1) is 87.9. The van der Waals surface area contributed by atoms with E-state index in [0.29, 0.717) is 122 Å². The summed E-state index contributed by atoms with van der Waals surface area (Å²) in [5, 5.41) is 19.7. The first-order valence-electron chi connectivity index (χ1n) is 33.3. The molecule has 13 N–H and O–H groups in total. The summed E-state index contributed by atoms with van der Waals surface area (Å²) in [5.41, 5.74) is 18.9. The van der Waals surface area contributed by atoms with Gasteiger partial charge in [0.1, 0.15) is 23.0 Å². The van der Waals surface area contributed by atoms with Gasteiger partial charge in [0, 0.05) is 43.0 Å². The predicted octanol–water partition coefficient (Wildman–Crippen LogP) is 14.8. The Balaban J connectivity index is 0.000000350. The second-order valence-corrected chi connectivity index (χ2v) is 24.3. The number of amides is 4. The Kier molecular flexibility index (Phi) is 41.5. The summed E-state index contributed by atoms with van der Waals surface area (Å²) in [6, 6.07) is 57.2. The van der Waals surface area contributed by atoms with Crippen molar-refractivity contribution in [2.45, 2.75) is 99.4 Å². The third kappa shape index (κ3) is 31.5. The molecule has 22 nitrogen and oxygen atoms in total. The number of rotatable bonds is 27. The molecule has 4 amide bonds. The molecule has 26 heteroatoms. The zero-order valence-corrected chi connectivity index (χ0v) is 62.8. The highest BCUT2D eigenvalue weighted by Crippen LogP contribution is 2.22. The number of carboxylic acids is 1. The number of hydrazine groups is 1. The van der Waals surface area contributed by atoms with Gasteiger partial charge in [-0.25, -0.2) is 4.79 Å². The number of nitrogens with two attached hydrogens (primary N) is 4. The standard InChI is InChI=1S/C21H20N2O4S.C21H19NO4S.C14H15NO2.C13H14N2O2.C9H10O2.CH3I.CH4.ClH.H4N2/c22-12-18(25)20-10-9-19(28-20)17(24)8-5-14-3-6-15(7-4-14)21(26)23-13-16-2-1-11-27-16;1-14(23)19-10-11-20(27-19)18(24)9-6-15-4-7-16(8-5-15)21(25)22-13-17-3-2-12-26-17;1-2-11-5-7-12(8-6-11)14(16)15-10-13-4-3-9-17-13;14-8-10-3-5-11(6-4-10)13(16)15-9-12-2-1-7-17-12;1-2-7-3-5-8(6-4-7)9(10)11;1-2;;;1-2/h1-4,6-7,9-11H,5,8,12-13,22H2,(H,23,26);2-5,7-8,10-12H,6,9,13H2,1H3,(H,22,25);3-9H,2,10H2,1H3,(H,15,16);1-7H,8-9,14H2,(H,15,16);3-6H,2H2,1H3,(H,10,11);1H3;1H4;1H;1-2H2/i;;;;;1D;;;. The van der Waals surface area contributed by atoms with Gasteiger partial charge in [0.05, 0.1) is 82.8 Å². The fourth-order valence-corrected chi connectivity index (χ4v) is 10.9. The maximum Gasteiger partial charge on any atom is 0.335 e. The van der Waals surface area contributed by atoms with E-state index in [1.54, 1.807) is 134 Å². The van der Waals surface area contributed by atoms with E-state index in [1.807, 2.05) is 114 Å². The number of alkyl halides is 1. The fourth-order valence-electron chi connectivity index (χ4n) is 9.12. The van der Waals surface area contributed by atoms with E-state index in [1.165, 1.54) is 35.2 Å². The van der Waals surface area contributed by atoms with Crippen LogP contribution >= 0.6 is 57.7 Å². The van der Waals surface area contributed by atoms with Crippen LogP contribution in [0.25, 0.3) is 0 Å². The van der Waals surface area contributed by atoms with E-state index < -0.39 is 5.97 Å². The van der Waals surface area contributed by atoms with Crippen LogP contribution in [0.3, 0.4) is 0 Å². The Morgan fingerprint density at radius 2 is 0.679 bits per heavy atom. The number of hydrogen-bond acceptors (Lipinski definition) is 19. The number of halogens is 2. The van der Waals surface area contributed by atoms with Crippen LogP contribution in [0.5, 0.6) is 0 Å². The molecule has 560 valence electrons. The number of hydrogen-bond donors (Lipinski definition) is 9. The number of Topliss-reactive ketones (excluding diaryl/α,β-unsaturated/α-hetero) is 4. The Morgan fingerprint density at radius 3 is 0.925 bits per heavy atom. The molecular formula is C80H90ClIN8O14S2. The van der Waals surface area contributed by atoms with Crippen molar-refractivity contribution < 1.29 is 67.3 Å². The van der Waals surface area contributed by atoms with Crippen LogP contribution in [0.15, 0.2) is 237 Å². The summed E-state index contributed by atoms with van der Waals surface area (Å²) in [5.74, 6) is 9.26. The first-order chi connectivity index (χ1) is 50.8. The second kappa shape index (κ2) is 50.0. The average Bonchev–Trinajstić information content (AvgIpc) is 1.86. The molecule has 6 heterocycles. The molecule has 0 unspecified atom stereocenters. The highest BCUT2D eigenvalue weighted by Gasteiger charge is 2.16. The number of aryl methyl sites for hydroxylation is 4. The maximum atomic E-state index is 12.3. The normalized spacial score (nSPS) is 9.98. The van der Waals surface area contributed by atoms with E-state index >= 15 is 0 Å². The van der Waals surface area contributed by atoms with Gasteiger partial charge >= 0.3 is 5.97 Å². The number of furan rings is 4. The summed E-state index contributed by atoms with van der Waals surface area (Å²) in [4.78, 5) is 108. The van der Waals surface area contributed by atoms with E-state index in [9.17, 15) is 43.2 Å². The Morgan fingerprint density at radius 1 is 0.415 bits per heavy atom. The van der Waals surface area contributed by atoms with Crippen LogP contribution < -0.4 is 44.4 Å². The lowest BCUT2D eigenvalue weighted by Crippen LogP contribution is -2.22. The fraction of sp³-hybridized carbons (Fsp3) is 0.212. The van der Waals surface area contributed by atoms with E-state index in [0.717, 1.165) is 46.6 Å². The molecule has 0 bridgehead atoms. The van der Waals surface area contributed by atoms with Gasteiger partial charge < -0.3 is 55.5 Å². The molecule has 0 saturated heterocycles. The van der Waals surface area contributed by atoms with Crippen molar-refractivity contribution in [3.8, 4) is 0 Å². The van der Waals surface area contributed by atoms with Gasteiger partial charge in [-0.15, -0.1) is 35.1 Å². The highest BCUT2D eigenvalue weighted by atomic mass is 127. The van der Waals surface area contributed by atoms with E-state index in [4.69, 9.17) is 35.6 Å². The Hall–Kier alpha value is -10.5. The first-order valence-corrected chi connectivity index (χ1v) is 35.8. The third-order valence-electron chi connectivity index (χ3n) is 15.0. The van der Waals surface area contributed by atoms with Crippen LogP contribution in [0, 0.1) is 0 Å². The number of nitrogens with one attached hydrogen (secondary N) is 4. The monoisotopic (exact) mass is 1610 g/mol. The molecule has 5 aromatic carbocycles. The molecule has 0 radical (unpaired) electrons. The van der Waals surface area contributed by atoms with Crippen molar-refractivity contribution in [2.75, 3.05) is 11.5 Å². The van der Waals surface area contributed by atoms with E-state index in [-0.39, 0.29) is 73.1 Å². The number of carboxylic acid groups (broad SMARTS) is 1. The van der Waals surface area contributed by atoms with Crippen LogP contribution in [0.2, 0.25) is 0 Å². The summed E-state index contributed by atoms with van der Waals surface area (Å²) >= 11 is 4.37. The minimum Gasteiger partial charge on any atom is -0.478 e. The van der Waals surface area contributed by atoms with Gasteiger partial charge in [0.15, 0.2) is 23.1 Å². The van der Waals surface area contributed by atoms with Crippen molar-refractivity contribution >= 4 is 110 Å². The van der Waals surface area contributed by atoms with Crippen LogP contribution in [0.4, 0.5) is 0 Å². The van der Waals surface area contributed by atoms with Crippen molar-refractivity contribution in [3.63, 3.8) is 0 Å². The van der Waals surface area contributed by atoms with E-state index in [2.05, 4.69) is 39.9 Å². The highest BCUT2D eigenvalue weighted by molar-refractivity contribution is 14.1. The summed E-state index contributed by atoms with van der Waals surface area (Å²) in [7, 11) is 0. The third-order valence-corrected chi connectivity index (χ3v) is 17.4. The maximum absolute atomic E-state index is 12.3. The van der Waals surface area contributed by atoms with Gasteiger partial charge in [-0.1, -0.05) is 105 Å². The molecule has 6 aromatic heterocycles. The number of carbonyl (C=O) groups is 9. The molecule has 0 aliphatic carbocycles. The lowest BCUT2D eigenvalue weighted by atomic mass is 10.0. The summed E-state index contributed by atoms with van der Waals surface area (Å²) in [6.45, 7) is 7.52. The molecule has 0 saturated carbocycles. The molecule has 0 atom stereocenters. The number of thiophene rings is 2. The summed E-state index contributed by atoms with van der Waals surface area (Å²) in [6.07, 6.45) is 10.1. The molecule has 0 fully saturated rings. The molecule has 106 heavy (non-hydrogen) atoms. The minimum atomic E-state index is -0.868. The van der Waals surface area contributed by atoms with Crippen LogP contribution in [-0.4, -0.2) is 69.3 Å². The minimum absolute atomic E-state index is 0. The zero-order chi connectivity index (χ0) is 76.3. The average molecular weight is 1620 g/mol. The second-order valence-electron chi connectivity index (χ2n) is 22.1. The lowest BCUT2D eigenvalue weighted by Gasteiger charge is -2.05. The number of ketones is 4.